The first-order valence-corrected chi connectivity index (χ1v) is 9.51. The first-order valence-electron chi connectivity index (χ1n) is 9.51. The quantitative estimate of drug-likeness (QED) is 0.699. The van der Waals surface area contributed by atoms with Gasteiger partial charge in [0.2, 0.25) is 0 Å². The molecule has 0 N–H and O–H groups in total. The van der Waals surface area contributed by atoms with E-state index in [1.165, 1.54) is 32.1 Å². The molecule has 5 atom stereocenters. The van der Waals surface area contributed by atoms with Gasteiger partial charge < -0.3 is 14.2 Å². The van der Waals surface area contributed by atoms with E-state index in [1.54, 1.807) is 14.2 Å². The summed E-state index contributed by atoms with van der Waals surface area (Å²) in [6.07, 6.45) is 8.96. The van der Waals surface area contributed by atoms with Crippen LogP contribution < -0.4 is 0 Å². The largest absolute Gasteiger partial charge is 0.372 e. The molecule has 0 amide bonds. The summed E-state index contributed by atoms with van der Waals surface area (Å²) in [6.45, 7) is 9.09. The summed E-state index contributed by atoms with van der Waals surface area (Å²) in [5.74, 6) is 2.09. The lowest BCUT2D eigenvalue weighted by Gasteiger charge is -2.53. The second kappa shape index (κ2) is 6.00. The third-order valence-electron chi connectivity index (χ3n) is 7.17. The lowest BCUT2D eigenvalue weighted by molar-refractivity contribution is -0.248. The molecule has 0 spiro atoms. The number of ether oxygens (including phenoxy) is 3. The van der Waals surface area contributed by atoms with Gasteiger partial charge in [-0.15, -0.1) is 0 Å². The normalized spacial score (nSPS) is 43.0. The van der Waals surface area contributed by atoms with Gasteiger partial charge in [0.15, 0.2) is 5.79 Å². The summed E-state index contributed by atoms with van der Waals surface area (Å²) in [5, 5.41) is 0. The molecule has 3 aliphatic carbocycles. The Labute approximate surface area is 142 Å². The Kier molecular flexibility index (Phi) is 4.61. The molecule has 3 nitrogen and oxygen atoms in total. The van der Waals surface area contributed by atoms with Gasteiger partial charge in [-0.3, -0.25) is 0 Å². The molecule has 0 aromatic carbocycles. The van der Waals surface area contributed by atoms with E-state index < -0.39 is 0 Å². The van der Waals surface area contributed by atoms with Crippen molar-refractivity contribution in [2.24, 2.45) is 23.2 Å². The lowest BCUT2D eigenvalue weighted by atomic mass is 9.55. The van der Waals surface area contributed by atoms with Crippen molar-refractivity contribution in [3.63, 3.8) is 0 Å². The Balaban J connectivity index is 1.74. The van der Waals surface area contributed by atoms with E-state index in [0.717, 1.165) is 30.6 Å². The van der Waals surface area contributed by atoms with Crippen LogP contribution in [0.3, 0.4) is 0 Å². The van der Waals surface area contributed by atoms with Gasteiger partial charge in [0.05, 0.1) is 11.7 Å². The second-order valence-electron chi connectivity index (χ2n) is 9.43. The minimum absolute atomic E-state index is 0.0345. The summed E-state index contributed by atoms with van der Waals surface area (Å²) in [4.78, 5) is 0. The molecular weight excluding hydrogens is 288 g/mol. The van der Waals surface area contributed by atoms with Gasteiger partial charge in [0, 0.05) is 27.1 Å². The zero-order valence-corrected chi connectivity index (χ0v) is 16.0. The molecule has 0 aliphatic heterocycles. The highest BCUT2D eigenvalue weighted by Gasteiger charge is 2.57. The van der Waals surface area contributed by atoms with Gasteiger partial charge in [-0.1, -0.05) is 6.92 Å². The van der Waals surface area contributed by atoms with Gasteiger partial charge in [0.25, 0.3) is 0 Å². The summed E-state index contributed by atoms with van der Waals surface area (Å²) in [6, 6.07) is 0. The number of hydrogen-bond donors (Lipinski definition) is 0. The third-order valence-corrected chi connectivity index (χ3v) is 7.17. The smallest absolute Gasteiger partial charge is 0.167 e. The zero-order chi connectivity index (χ0) is 16.9. The van der Waals surface area contributed by atoms with E-state index in [4.69, 9.17) is 14.2 Å². The van der Waals surface area contributed by atoms with Crippen molar-refractivity contribution < 1.29 is 14.2 Å². The average Bonchev–Trinajstić information content (AvgIpc) is 2.82. The molecule has 0 aromatic rings. The van der Waals surface area contributed by atoms with Crippen LogP contribution in [0.5, 0.6) is 0 Å². The highest BCUT2D eigenvalue weighted by Crippen LogP contribution is 2.61. The Bertz CT molecular complexity index is 423. The SMILES string of the molecule is COC1(OC)CCC2C(CC[C@]3(C)[C@@H](OC(C)(C)C)CC[C@@H]23)C1. The number of methoxy groups -OCH3 is 2. The van der Waals surface area contributed by atoms with Crippen molar-refractivity contribution >= 4 is 0 Å². The molecule has 2 unspecified atom stereocenters. The van der Waals surface area contributed by atoms with Crippen molar-refractivity contribution in [3.05, 3.63) is 0 Å². The summed E-state index contributed by atoms with van der Waals surface area (Å²) in [5.41, 5.74) is 0.335. The predicted molar refractivity (Wildman–Crippen MR) is 92.3 cm³/mol. The maximum atomic E-state index is 6.48. The van der Waals surface area contributed by atoms with E-state index in [-0.39, 0.29) is 11.4 Å². The second-order valence-corrected chi connectivity index (χ2v) is 9.43. The minimum Gasteiger partial charge on any atom is -0.372 e. The van der Waals surface area contributed by atoms with Crippen LogP contribution in [0.25, 0.3) is 0 Å². The van der Waals surface area contributed by atoms with Crippen LogP contribution in [0.15, 0.2) is 0 Å². The summed E-state index contributed by atoms with van der Waals surface area (Å²) < 4.78 is 18.0. The highest BCUT2D eigenvalue weighted by molar-refractivity contribution is 5.06. The lowest BCUT2D eigenvalue weighted by Crippen LogP contribution is -2.51. The van der Waals surface area contributed by atoms with E-state index in [2.05, 4.69) is 27.7 Å². The molecular formula is C20H36O3. The number of hydrogen-bond acceptors (Lipinski definition) is 3. The maximum Gasteiger partial charge on any atom is 0.167 e. The first kappa shape index (κ1) is 17.7. The van der Waals surface area contributed by atoms with Gasteiger partial charge in [0.1, 0.15) is 0 Å². The monoisotopic (exact) mass is 324 g/mol. The van der Waals surface area contributed by atoms with E-state index >= 15 is 0 Å². The fourth-order valence-corrected chi connectivity index (χ4v) is 5.97. The Morgan fingerprint density at radius 2 is 1.61 bits per heavy atom. The Hall–Kier alpha value is -0.120. The van der Waals surface area contributed by atoms with Crippen LogP contribution in [-0.4, -0.2) is 31.7 Å². The fourth-order valence-electron chi connectivity index (χ4n) is 5.97. The summed E-state index contributed by atoms with van der Waals surface area (Å²) >= 11 is 0. The molecule has 3 rings (SSSR count). The molecule has 0 heterocycles. The third kappa shape index (κ3) is 3.09. The maximum absolute atomic E-state index is 6.48. The predicted octanol–water partition coefficient (Wildman–Crippen LogP) is 4.79. The van der Waals surface area contributed by atoms with Crippen molar-refractivity contribution in [3.8, 4) is 0 Å². The fraction of sp³-hybridized carbons (Fsp3) is 1.00. The van der Waals surface area contributed by atoms with Gasteiger partial charge in [-0.05, 0) is 76.0 Å². The van der Waals surface area contributed by atoms with Crippen LogP contribution in [0.1, 0.15) is 72.6 Å². The molecule has 3 heteroatoms. The van der Waals surface area contributed by atoms with E-state index in [9.17, 15) is 0 Å². The van der Waals surface area contributed by atoms with Crippen molar-refractivity contribution in [1.82, 2.24) is 0 Å². The molecule has 3 fully saturated rings. The minimum atomic E-state index is -0.325. The molecule has 0 saturated heterocycles. The van der Waals surface area contributed by atoms with Crippen molar-refractivity contribution in [1.29, 1.82) is 0 Å². The van der Waals surface area contributed by atoms with Gasteiger partial charge in [-0.25, -0.2) is 0 Å². The first-order chi connectivity index (χ1) is 10.7. The molecule has 3 saturated carbocycles. The molecule has 0 radical (unpaired) electrons. The number of fused-ring (bicyclic) bond motifs is 3. The standard InChI is InChI=1S/C20H36O3/c1-18(2,3)23-17-8-7-16-15-10-12-20(21-5,22-6)13-14(15)9-11-19(16,17)4/h14-17H,7-13H2,1-6H3/t14?,15?,16-,17-,19-/m0/s1. The Morgan fingerprint density at radius 1 is 0.913 bits per heavy atom. The number of rotatable bonds is 3. The zero-order valence-electron chi connectivity index (χ0n) is 16.0. The topological polar surface area (TPSA) is 27.7 Å². The molecule has 0 aromatic heterocycles. The molecule has 0 bridgehead atoms. The van der Waals surface area contributed by atoms with Crippen molar-refractivity contribution in [2.45, 2.75) is 90.1 Å². The van der Waals surface area contributed by atoms with Crippen LogP contribution in [0.2, 0.25) is 0 Å². The van der Waals surface area contributed by atoms with E-state index in [1.807, 2.05) is 0 Å². The van der Waals surface area contributed by atoms with Gasteiger partial charge >= 0.3 is 0 Å². The summed E-state index contributed by atoms with van der Waals surface area (Å²) in [7, 11) is 3.61. The van der Waals surface area contributed by atoms with Crippen LogP contribution >= 0.6 is 0 Å². The van der Waals surface area contributed by atoms with Crippen LogP contribution in [0.4, 0.5) is 0 Å². The molecule has 23 heavy (non-hydrogen) atoms. The van der Waals surface area contributed by atoms with E-state index in [0.29, 0.717) is 11.5 Å². The molecule has 134 valence electrons. The van der Waals surface area contributed by atoms with Crippen LogP contribution in [-0.2, 0) is 14.2 Å². The molecule has 3 aliphatic rings. The average molecular weight is 325 g/mol. The van der Waals surface area contributed by atoms with Gasteiger partial charge in [-0.2, -0.15) is 0 Å². The Morgan fingerprint density at radius 3 is 2.22 bits per heavy atom. The van der Waals surface area contributed by atoms with Crippen LogP contribution in [0, 0.1) is 23.2 Å². The van der Waals surface area contributed by atoms with Crippen molar-refractivity contribution in [2.75, 3.05) is 14.2 Å². The highest BCUT2D eigenvalue weighted by atomic mass is 16.7.